The number of ether oxygens (including phenoxy) is 1. The van der Waals surface area contributed by atoms with Gasteiger partial charge in [0, 0.05) is 18.8 Å². The van der Waals surface area contributed by atoms with Gasteiger partial charge in [-0.2, -0.15) is 0 Å². The van der Waals surface area contributed by atoms with Crippen molar-refractivity contribution in [2.45, 2.75) is 18.7 Å². The molecule has 0 rings (SSSR count). The number of rotatable bonds is 4. The summed E-state index contributed by atoms with van der Waals surface area (Å²) in [5.41, 5.74) is 0. The van der Waals surface area contributed by atoms with Gasteiger partial charge in [0.25, 0.3) is 0 Å². The van der Waals surface area contributed by atoms with Gasteiger partial charge in [-0.15, -0.1) is 5.10 Å². The van der Waals surface area contributed by atoms with E-state index >= 15 is 0 Å². The minimum atomic E-state index is -0.153. The van der Waals surface area contributed by atoms with E-state index in [9.17, 15) is 4.79 Å². The number of halogens is 1. The number of alkyl halides is 1. The molecule has 0 spiro atoms. The molecule has 0 N–H and O–H groups in total. The Morgan fingerprint density at radius 1 is 1.79 bits per heavy atom. The summed E-state index contributed by atoms with van der Waals surface area (Å²) in [5, 5.41) is 5.11. The molecule has 5 heteroatoms. The lowest BCUT2D eigenvalue weighted by Gasteiger charge is -2.11. The molecule has 0 aromatic carbocycles. The van der Waals surface area contributed by atoms with Crippen LogP contribution in [0.15, 0.2) is 17.8 Å². The van der Waals surface area contributed by atoms with Gasteiger partial charge >= 0.3 is 0 Å². The Morgan fingerprint density at radius 2 is 2.36 bits per heavy atom. The molecule has 0 aromatic heterocycles. The zero-order valence-electron chi connectivity index (χ0n) is 8.66. The highest BCUT2D eigenvalue weighted by Gasteiger charge is 2.03. The van der Waals surface area contributed by atoms with Crippen molar-refractivity contribution in [1.82, 2.24) is 5.01 Å². The standard InChI is InChI=1S/C9H15BrN2O2/c1-5-9(14-6-7(2)10)11-12(4)8(3)13/h5,7H,1,6H2,2-4H3/b11-9+. The van der Waals surface area contributed by atoms with E-state index in [0.717, 1.165) is 0 Å². The SMILES string of the molecule is C=C/C(=N\N(C)C(C)=O)OCC(C)Br. The summed E-state index contributed by atoms with van der Waals surface area (Å²) in [7, 11) is 1.56. The average molecular weight is 263 g/mol. The van der Waals surface area contributed by atoms with E-state index in [2.05, 4.69) is 27.6 Å². The van der Waals surface area contributed by atoms with Gasteiger partial charge in [0.2, 0.25) is 11.8 Å². The van der Waals surface area contributed by atoms with Crippen molar-refractivity contribution in [3.63, 3.8) is 0 Å². The minimum absolute atomic E-state index is 0.153. The summed E-state index contributed by atoms with van der Waals surface area (Å²) in [6, 6.07) is 0. The van der Waals surface area contributed by atoms with E-state index in [1.54, 1.807) is 7.05 Å². The van der Waals surface area contributed by atoms with Gasteiger partial charge < -0.3 is 4.74 Å². The van der Waals surface area contributed by atoms with Crippen molar-refractivity contribution in [3.05, 3.63) is 12.7 Å². The Hall–Kier alpha value is -0.840. The molecule has 0 fully saturated rings. The molecule has 4 nitrogen and oxygen atoms in total. The largest absolute Gasteiger partial charge is 0.475 e. The zero-order valence-corrected chi connectivity index (χ0v) is 10.2. The lowest BCUT2D eigenvalue weighted by molar-refractivity contribution is -0.127. The Bertz CT molecular complexity index is 239. The molecule has 0 aliphatic heterocycles. The van der Waals surface area contributed by atoms with Gasteiger partial charge in [0.15, 0.2) is 0 Å². The van der Waals surface area contributed by atoms with Crippen molar-refractivity contribution in [3.8, 4) is 0 Å². The fourth-order valence-electron chi connectivity index (χ4n) is 0.547. The highest BCUT2D eigenvalue weighted by atomic mass is 79.9. The Morgan fingerprint density at radius 3 is 2.71 bits per heavy atom. The van der Waals surface area contributed by atoms with E-state index in [-0.39, 0.29) is 10.7 Å². The molecule has 0 saturated carbocycles. The monoisotopic (exact) mass is 262 g/mol. The first-order valence-corrected chi connectivity index (χ1v) is 5.11. The van der Waals surface area contributed by atoms with Crippen molar-refractivity contribution < 1.29 is 9.53 Å². The molecule has 14 heavy (non-hydrogen) atoms. The second-order valence-electron chi connectivity index (χ2n) is 2.78. The summed E-state index contributed by atoms with van der Waals surface area (Å²) in [6.07, 6.45) is 1.47. The Balaban J connectivity index is 4.25. The predicted molar refractivity (Wildman–Crippen MR) is 60.4 cm³/mol. The van der Waals surface area contributed by atoms with Gasteiger partial charge in [0.05, 0.1) is 0 Å². The fraction of sp³-hybridized carbons (Fsp3) is 0.556. The molecule has 80 valence electrons. The van der Waals surface area contributed by atoms with Crippen LogP contribution in [0.3, 0.4) is 0 Å². The number of hydrazone groups is 1. The van der Waals surface area contributed by atoms with E-state index in [1.165, 1.54) is 18.0 Å². The topological polar surface area (TPSA) is 41.9 Å². The maximum atomic E-state index is 10.9. The fourth-order valence-corrected chi connectivity index (χ4v) is 0.679. The Kier molecular flexibility index (Phi) is 6.19. The first-order chi connectivity index (χ1) is 6.47. The molecule has 0 aliphatic rings. The van der Waals surface area contributed by atoms with Crippen LogP contribution in [0.2, 0.25) is 0 Å². The molecule has 0 bridgehead atoms. The van der Waals surface area contributed by atoms with Gasteiger partial charge in [-0.25, -0.2) is 5.01 Å². The van der Waals surface area contributed by atoms with Gasteiger partial charge in [-0.3, -0.25) is 4.79 Å². The second kappa shape index (κ2) is 6.59. The third kappa shape index (κ3) is 5.75. The van der Waals surface area contributed by atoms with Crippen LogP contribution in [0.5, 0.6) is 0 Å². The maximum Gasteiger partial charge on any atom is 0.239 e. The molecule has 0 aromatic rings. The van der Waals surface area contributed by atoms with Crippen molar-refractivity contribution in [2.75, 3.05) is 13.7 Å². The smallest absolute Gasteiger partial charge is 0.239 e. The molecule has 0 aliphatic carbocycles. The maximum absolute atomic E-state index is 10.9. The van der Waals surface area contributed by atoms with Crippen LogP contribution < -0.4 is 0 Å². The predicted octanol–water partition coefficient (Wildman–Crippen LogP) is 1.76. The van der Waals surface area contributed by atoms with E-state index in [0.29, 0.717) is 12.5 Å². The molecule has 0 saturated heterocycles. The number of amides is 1. The lowest BCUT2D eigenvalue weighted by Crippen LogP contribution is -2.21. The minimum Gasteiger partial charge on any atom is -0.475 e. The summed E-state index contributed by atoms with van der Waals surface area (Å²) in [6.45, 7) is 7.41. The molecule has 0 heterocycles. The number of carbonyl (C=O) groups excluding carboxylic acids is 1. The Labute approximate surface area is 92.7 Å². The van der Waals surface area contributed by atoms with Crippen molar-refractivity contribution in [1.29, 1.82) is 0 Å². The summed E-state index contributed by atoms with van der Waals surface area (Å²) in [5.74, 6) is 0.189. The van der Waals surface area contributed by atoms with Crippen LogP contribution in [0, 0.1) is 0 Å². The van der Waals surface area contributed by atoms with Crippen molar-refractivity contribution >= 4 is 27.7 Å². The van der Waals surface area contributed by atoms with E-state index < -0.39 is 0 Å². The number of nitrogens with zero attached hydrogens (tertiary/aromatic N) is 2. The van der Waals surface area contributed by atoms with Crippen LogP contribution in [0.4, 0.5) is 0 Å². The first kappa shape index (κ1) is 13.2. The zero-order chi connectivity index (χ0) is 11.1. The molecular weight excluding hydrogens is 248 g/mol. The van der Waals surface area contributed by atoms with Crippen LogP contribution >= 0.6 is 15.9 Å². The van der Waals surface area contributed by atoms with Gasteiger partial charge in [0.1, 0.15) is 6.61 Å². The molecular formula is C9H15BrN2O2. The summed E-state index contributed by atoms with van der Waals surface area (Å²) in [4.78, 5) is 11.1. The lowest BCUT2D eigenvalue weighted by atomic mass is 10.5. The molecule has 1 atom stereocenters. The molecule has 1 unspecified atom stereocenters. The first-order valence-electron chi connectivity index (χ1n) is 4.19. The van der Waals surface area contributed by atoms with Crippen LogP contribution in [0.25, 0.3) is 0 Å². The normalized spacial score (nSPS) is 13.3. The molecule has 1 amide bonds. The van der Waals surface area contributed by atoms with E-state index in [1.807, 2.05) is 6.92 Å². The van der Waals surface area contributed by atoms with Crippen LogP contribution in [-0.4, -0.2) is 35.3 Å². The average Bonchev–Trinajstić information content (AvgIpc) is 2.11. The number of hydrogen-bond acceptors (Lipinski definition) is 3. The van der Waals surface area contributed by atoms with Gasteiger partial charge in [-0.05, 0) is 13.0 Å². The van der Waals surface area contributed by atoms with Gasteiger partial charge in [-0.1, -0.05) is 22.5 Å². The summed E-state index contributed by atoms with van der Waals surface area (Å²) >= 11 is 3.33. The van der Waals surface area contributed by atoms with Crippen LogP contribution in [0.1, 0.15) is 13.8 Å². The second-order valence-corrected chi connectivity index (χ2v) is 4.34. The van der Waals surface area contributed by atoms with Crippen molar-refractivity contribution in [2.24, 2.45) is 5.10 Å². The van der Waals surface area contributed by atoms with Crippen LogP contribution in [-0.2, 0) is 9.53 Å². The number of carbonyl (C=O) groups is 1. The third-order valence-electron chi connectivity index (χ3n) is 1.34. The molecule has 0 radical (unpaired) electrons. The highest BCUT2D eigenvalue weighted by molar-refractivity contribution is 9.09. The van der Waals surface area contributed by atoms with E-state index in [4.69, 9.17) is 4.74 Å². The quantitative estimate of drug-likeness (QED) is 0.335. The summed E-state index contributed by atoms with van der Waals surface area (Å²) < 4.78 is 5.26. The third-order valence-corrected chi connectivity index (χ3v) is 1.60. The highest BCUT2D eigenvalue weighted by Crippen LogP contribution is 1.99. The number of hydrogen-bond donors (Lipinski definition) is 0.